The second-order valence-corrected chi connectivity index (χ2v) is 3.63. The molecule has 1 rings (SSSR count). The predicted octanol–water partition coefficient (Wildman–Crippen LogP) is 0.758. The Morgan fingerprint density at radius 1 is 1.57 bits per heavy atom. The van der Waals surface area contributed by atoms with Crippen molar-refractivity contribution < 1.29 is 4.79 Å². The fourth-order valence-electron chi connectivity index (χ4n) is 1.18. The van der Waals surface area contributed by atoms with Gasteiger partial charge in [-0.05, 0) is 11.1 Å². The van der Waals surface area contributed by atoms with Crippen LogP contribution in [0.1, 0.15) is 32.5 Å². The van der Waals surface area contributed by atoms with Crippen molar-refractivity contribution in [3.05, 3.63) is 5.82 Å². The van der Waals surface area contributed by atoms with Gasteiger partial charge in [-0.3, -0.25) is 4.79 Å². The molecule has 0 amide bonds. The molecular formula is C9H16N4O. The molecule has 0 spiro atoms. The van der Waals surface area contributed by atoms with Crippen LogP contribution in [0.2, 0.25) is 0 Å². The Balaban J connectivity index is 2.41. The minimum absolute atomic E-state index is 0.187. The van der Waals surface area contributed by atoms with Gasteiger partial charge >= 0.3 is 0 Å². The minimum Gasteiger partial charge on any atom is -0.299 e. The minimum atomic E-state index is 0.187. The summed E-state index contributed by atoms with van der Waals surface area (Å²) in [6, 6.07) is 0. The van der Waals surface area contributed by atoms with Crippen LogP contribution in [0, 0.1) is 5.92 Å². The van der Waals surface area contributed by atoms with Gasteiger partial charge in [0.15, 0.2) is 5.82 Å². The van der Waals surface area contributed by atoms with Crippen molar-refractivity contribution in [2.24, 2.45) is 13.0 Å². The predicted molar refractivity (Wildman–Crippen MR) is 51.6 cm³/mol. The molecule has 1 aromatic rings. The maximum Gasteiger partial charge on any atom is 0.182 e. The lowest BCUT2D eigenvalue weighted by molar-refractivity contribution is -0.119. The Labute approximate surface area is 83.5 Å². The molecule has 1 atom stereocenters. The zero-order valence-corrected chi connectivity index (χ0v) is 8.90. The van der Waals surface area contributed by atoms with Crippen molar-refractivity contribution in [2.45, 2.75) is 33.1 Å². The smallest absolute Gasteiger partial charge is 0.182 e. The summed E-state index contributed by atoms with van der Waals surface area (Å²) in [6.07, 6.45) is 1.94. The zero-order valence-electron chi connectivity index (χ0n) is 8.90. The van der Waals surface area contributed by atoms with Gasteiger partial charge in [0.2, 0.25) is 0 Å². The van der Waals surface area contributed by atoms with Crippen LogP contribution in [0.15, 0.2) is 0 Å². The maximum absolute atomic E-state index is 11.5. The third-order valence-corrected chi connectivity index (χ3v) is 2.18. The lowest BCUT2D eigenvalue weighted by atomic mass is 10.0. The number of aromatic nitrogens is 4. The Morgan fingerprint density at radius 2 is 2.29 bits per heavy atom. The average Bonchev–Trinajstić information content (AvgIpc) is 2.50. The summed E-state index contributed by atoms with van der Waals surface area (Å²) in [5, 5.41) is 11.4. The summed E-state index contributed by atoms with van der Waals surface area (Å²) in [7, 11) is 1.69. The van der Waals surface area contributed by atoms with Crippen LogP contribution < -0.4 is 0 Å². The van der Waals surface area contributed by atoms with E-state index in [0.29, 0.717) is 24.6 Å². The molecule has 0 aliphatic heterocycles. The van der Waals surface area contributed by atoms with Gasteiger partial charge in [0.05, 0.1) is 13.5 Å². The van der Waals surface area contributed by atoms with E-state index in [2.05, 4.69) is 29.3 Å². The first kappa shape index (κ1) is 10.8. The summed E-state index contributed by atoms with van der Waals surface area (Å²) in [6.45, 7) is 4.15. The zero-order chi connectivity index (χ0) is 10.6. The third kappa shape index (κ3) is 3.24. The third-order valence-electron chi connectivity index (χ3n) is 2.18. The highest BCUT2D eigenvalue weighted by Gasteiger charge is 2.11. The largest absolute Gasteiger partial charge is 0.299 e. The van der Waals surface area contributed by atoms with Crippen LogP contribution in [0.25, 0.3) is 0 Å². The van der Waals surface area contributed by atoms with E-state index >= 15 is 0 Å². The number of Topliss-reactive ketones (excluding diaryl/α,β-unsaturated/α-hetero) is 1. The van der Waals surface area contributed by atoms with E-state index in [-0.39, 0.29) is 5.78 Å². The summed E-state index contributed by atoms with van der Waals surface area (Å²) in [5.41, 5.74) is 0. The lowest BCUT2D eigenvalue weighted by Crippen LogP contribution is -2.09. The van der Waals surface area contributed by atoms with Crippen LogP contribution in [-0.2, 0) is 18.3 Å². The second-order valence-electron chi connectivity index (χ2n) is 3.63. The number of tetrazole rings is 1. The molecule has 1 aromatic heterocycles. The number of nitrogens with zero attached hydrogens (tertiary/aromatic N) is 4. The van der Waals surface area contributed by atoms with Gasteiger partial charge in [0, 0.05) is 6.42 Å². The SMILES string of the molecule is CCC(C)CC(=O)Cc1nnn(C)n1. The number of aryl methyl sites for hydroxylation is 1. The lowest BCUT2D eigenvalue weighted by Gasteiger charge is -2.04. The second kappa shape index (κ2) is 4.83. The van der Waals surface area contributed by atoms with Crippen LogP contribution in [-0.4, -0.2) is 26.0 Å². The number of carbonyl (C=O) groups is 1. The summed E-state index contributed by atoms with van der Waals surface area (Å²) in [4.78, 5) is 12.8. The van der Waals surface area contributed by atoms with E-state index in [1.807, 2.05) is 0 Å². The van der Waals surface area contributed by atoms with E-state index in [9.17, 15) is 4.79 Å². The van der Waals surface area contributed by atoms with Gasteiger partial charge in [-0.15, -0.1) is 10.2 Å². The molecule has 5 heteroatoms. The molecule has 0 bridgehead atoms. The van der Waals surface area contributed by atoms with Crippen molar-refractivity contribution in [3.63, 3.8) is 0 Å². The highest BCUT2D eigenvalue weighted by molar-refractivity contribution is 5.80. The van der Waals surface area contributed by atoms with E-state index in [1.54, 1.807) is 7.05 Å². The molecule has 0 saturated heterocycles. The monoisotopic (exact) mass is 196 g/mol. The van der Waals surface area contributed by atoms with Gasteiger partial charge in [0.25, 0.3) is 0 Å². The molecule has 0 saturated carbocycles. The molecule has 14 heavy (non-hydrogen) atoms. The van der Waals surface area contributed by atoms with Crippen molar-refractivity contribution >= 4 is 5.78 Å². The quantitative estimate of drug-likeness (QED) is 0.697. The standard InChI is InChI=1S/C9H16N4O/c1-4-7(2)5-8(14)6-9-10-12-13(3)11-9/h7H,4-6H2,1-3H3. The fourth-order valence-corrected chi connectivity index (χ4v) is 1.18. The van der Waals surface area contributed by atoms with E-state index in [1.165, 1.54) is 4.80 Å². The number of ketones is 1. The Morgan fingerprint density at radius 3 is 2.79 bits per heavy atom. The maximum atomic E-state index is 11.5. The number of carbonyl (C=O) groups excluding carboxylic acids is 1. The Kier molecular flexibility index (Phi) is 3.73. The molecule has 78 valence electrons. The highest BCUT2D eigenvalue weighted by Crippen LogP contribution is 2.08. The van der Waals surface area contributed by atoms with Crippen molar-refractivity contribution in [2.75, 3.05) is 0 Å². The average molecular weight is 196 g/mol. The first-order chi connectivity index (χ1) is 6.61. The van der Waals surface area contributed by atoms with Crippen molar-refractivity contribution in [3.8, 4) is 0 Å². The first-order valence-corrected chi connectivity index (χ1v) is 4.86. The van der Waals surface area contributed by atoms with Gasteiger partial charge in [-0.1, -0.05) is 20.3 Å². The van der Waals surface area contributed by atoms with Crippen LogP contribution in [0.5, 0.6) is 0 Å². The normalized spacial score (nSPS) is 12.8. The molecule has 1 unspecified atom stereocenters. The van der Waals surface area contributed by atoms with Gasteiger partial charge in [-0.25, -0.2) is 0 Å². The number of hydrogen-bond acceptors (Lipinski definition) is 4. The molecule has 0 radical (unpaired) electrons. The molecule has 0 aromatic carbocycles. The van der Waals surface area contributed by atoms with E-state index < -0.39 is 0 Å². The molecule has 0 N–H and O–H groups in total. The molecule has 0 aliphatic rings. The van der Waals surface area contributed by atoms with Crippen LogP contribution in [0.4, 0.5) is 0 Å². The molecule has 0 aliphatic carbocycles. The Hall–Kier alpha value is -1.26. The Bertz CT molecular complexity index is 308. The first-order valence-electron chi connectivity index (χ1n) is 4.86. The topological polar surface area (TPSA) is 60.7 Å². The summed E-state index contributed by atoms with van der Waals surface area (Å²) < 4.78 is 0. The summed E-state index contributed by atoms with van der Waals surface area (Å²) in [5.74, 6) is 1.15. The van der Waals surface area contributed by atoms with E-state index in [0.717, 1.165) is 6.42 Å². The van der Waals surface area contributed by atoms with Gasteiger partial charge < -0.3 is 0 Å². The summed E-state index contributed by atoms with van der Waals surface area (Å²) >= 11 is 0. The molecule has 0 fully saturated rings. The molecule has 5 nitrogen and oxygen atoms in total. The van der Waals surface area contributed by atoms with E-state index in [4.69, 9.17) is 0 Å². The van der Waals surface area contributed by atoms with Crippen LogP contribution in [0.3, 0.4) is 0 Å². The van der Waals surface area contributed by atoms with Crippen molar-refractivity contribution in [1.29, 1.82) is 0 Å². The van der Waals surface area contributed by atoms with Crippen LogP contribution >= 0.6 is 0 Å². The van der Waals surface area contributed by atoms with Gasteiger partial charge in [-0.2, -0.15) is 4.80 Å². The van der Waals surface area contributed by atoms with Gasteiger partial charge in [0.1, 0.15) is 5.78 Å². The molecule has 1 heterocycles. The number of rotatable bonds is 5. The fraction of sp³-hybridized carbons (Fsp3) is 0.778. The molecular weight excluding hydrogens is 180 g/mol. The van der Waals surface area contributed by atoms with Crippen molar-refractivity contribution in [1.82, 2.24) is 20.2 Å². The number of hydrogen-bond donors (Lipinski definition) is 0. The highest BCUT2D eigenvalue weighted by atomic mass is 16.1.